The Morgan fingerprint density at radius 3 is 2.18 bits per heavy atom. The Labute approximate surface area is 265 Å². The number of allylic oxidation sites excluding steroid dienone is 4. The summed E-state index contributed by atoms with van der Waals surface area (Å²) in [5.41, 5.74) is 4.40. The lowest BCUT2D eigenvalue weighted by atomic mass is 9.98. The van der Waals surface area contributed by atoms with Crippen LogP contribution in [-0.4, -0.2) is 76.6 Å². The fraction of sp³-hybridized carbons (Fsp3) is 0.559. The van der Waals surface area contributed by atoms with E-state index in [9.17, 15) is 29.7 Å². The van der Waals surface area contributed by atoms with Gasteiger partial charge in [0.25, 0.3) is 0 Å². The lowest BCUT2D eigenvalue weighted by Gasteiger charge is -2.42. The number of carbonyl (C=O) groups excluding carboxylic acids is 3. The van der Waals surface area contributed by atoms with Crippen LogP contribution in [0.3, 0.4) is 0 Å². The molecule has 45 heavy (non-hydrogen) atoms. The zero-order valence-electron chi connectivity index (χ0n) is 27.5. The molecular formula is C34H48O11. The van der Waals surface area contributed by atoms with E-state index in [4.69, 9.17) is 23.7 Å². The van der Waals surface area contributed by atoms with Gasteiger partial charge in [0.15, 0.2) is 18.3 Å². The van der Waals surface area contributed by atoms with Gasteiger partial charge in [0.2, 0.25) is 6.29 Å². The molecule has 3 N–H and O–H groups in total. The van der Waals surface area contributed by atoms with Crippen LogP contribution in [0.25, 0.3) is 0 Å². The van der Waals surface area contributed by atoms with Gasteiger partial charge in [0, 0.05) is 26.3 Å². The van der Waals surface area contributed by atoms with Gasteiger partial charge in [-0.2, -0.15) is 0 Å². The smallest absolute Gasteiger partial charge is 0.303 e. The van der Waals surface area contributed by atoms with Crippen molar-refractivity contribution in [2.45, 2.75) is 118 Å². The van der Waals surface area contributed by atoms with E-state index in [0.717, 1.165) is 43.4 Å². The fourth-order valence-electron chi connectivity index (χ4n) is 4.88. The van der Waals surface area contributed by atoms with Crippen LogP contribution in [0, 0.1) is 6.92 Å². The minimum Gasteiger partial charge on any atom is -0.508 e. The van der Waals surface area contributed by atoms with Crippen LogP contribution in [0.5, 0.6) is 11.5 Å². The van der Waals surface area contributed by atoms with Crippen molar-refractivity contribution >= 4 is 17.9 Å². The zero-order chi connectivity index (χ0) is 33.8. The Morgan fingerprint density at radius 2 is 1.58 bits per heavy atom. The summed E-state index contributed by atoms with van der Waals surface area (Å²) in [6.45, 7) is 12.7. The minimum atomic E-state index is -1.59. The van der Waals surface area contributed by atoms with Gasteiger partial charge in [0.1, 0.15) is 24.2 Å². The van der Waals surface area contributed by atoms with E-state index < -0.39 is 54.7 Å². The van der Waals surface area contributed by atoms with Gasteiger partial charge in [-0.25, -0.2) is 0 Å². The maximum atomic E-state index is 11.9. The topological polar surface area (TPSA) is 158 Å². The van der Waals surface area contributed by atoms with Crippen LogP contribution in [0.4, 0.5) is 0 Å². The minimum absolute atomic E-state index is 0.0578. The molecule has 1 aromatic carbocycles. The van der Waals surface area contributed by atoms with E-state index in [1.165, 1.54) is 6.92 Å². The predicted octanol–water partition coefficient (Wildman–Crippen LogP) is 4.52. The lowest BCUT2D eigenvalue weighted by Crippen LogP contribution is -2.62. The van der Waals surface area contributed by atoms with Crippen molar-refractivity contribution in [1.82, 2.24) is 0 Å². The van der Waals surface area contributed by atoms with Crippen LogP contribution in [0.1, 0.15) is 78.9 Å². The number of carbonyl (C=O) groups is 3. The number of esters is 3. The van der Waals surface area contributed by atoms with Gasteiger partial charge in [-0.05, 0) is 78.0 Å². The first-order chi connectivity index (χ1) is 21.1. The quantitative estimate of drug-likeness (QED) is 0.150. The number of rotatable bonds is 14. The molecule has 1 saturated heterocycles. The molecule has 0 unspecified atom stereocenters. The first kappa shape index (κ1) is 37.5. The number of phenolic OH excluding ortho intramolecular Hbond substituents is 1. The largest absolute Gasteiger partial charge is 0.508 e. The van der Waals surface area contributed by atoms with Gasteiger partial charge in [-0.3, -0.25) is 14.4 Å². The molecule has 11 nitrogen and oxygen atoms in total. The number of aliphatic hydroxyl groups is 2. The van der Waals surface area contributed by atoms with Gasteiger partial charge in [0.05, 0.1) is 6.10 Å². The number of hydrogen-bond donors (Lipinski definition) is 3. The standard InChI is InChI=1S/C34H48O11/c1-19(2)14-27(38)15-21(4)11-9-10-20(3)12-13-26-17-28(39)22(5)16-29(26)44-34-31(40)33(43-25(8)37)32(42-24(7)36)30(45-34)18-41-23(6)35/h11-12,14,16-17,27,30-34,38-40H,9-10,13,15,18H2,1-8H3/t27-,30+,31+,32-,33+,34+/m0/s1. The van der Waals surface area contributed by atoms with E-state index in [-0.39, 0.29) is 12.4 Å². The van der Waals surface area contributed by atoms with E-state index in [0.29, 0.717) is 29.7 Å². The van der Waals surface area contributed by atoms with Crippen LogP contribution in [0.2, 0.25) is 0 Å². The van der Waals surface area contributed by atoms with Crippen LogP contribution < -0.4 is 4.74 Å². The normalized spacial score (nSPS) is 22.7. The molecule has 1 fully saturated rings. The third kappa shape index (κ3) is 12.7. The van der Waals surface area contributed by atoms with Gasteiger partial charge in [-0.1, -0.05) is 34.9 Å². The summed E-state index contributed by atoms with van der Waals surface area (Å²) >= 11 is 0. The summed E-state index contributed by atoms with van der Waals surface area (Å²) in [7, 11) is 0. The molecule has 0 saturated carbocycles. The Balaban J connectivity index is 2.27. The molecule has 1 aliphatic rings. The molecule has 0 aliphatic carbocycles. The fourth-order valence-corrected chi connectivity index (χ4v) is 4.88. The highest BCUT2D eigenvalue weighted by Gasteiger charge is 2.51. The van der Waals surface area contributed by atoms with Crippen LogP contribution >= 0.6 is 0 Å². The molecule has 11 heteroatoms. The predicted molar refractivity (Wildman–Crippen MR) is 166 cm³/mol. The second-order valence-corrected chi connectivity index (χ2v) is 11.7. The van der Waals surface area contributed by atoms with Crippen molar-refractivity contribution in [2.24, 2.45) is 0 Å². The molecule has 0 aromatic heterocycles. The van der Waals surface area contributed by atoms with Crippen molar-refractivity contribution in [3.05, 3.63) is 58.2 Å². The summed E-state index contributed by atoms with van der Waals surface area (Å²) in [6.07, 6.45) is 1.23. The number of aliphatic hydroxyl groups excluding tert-OH is 2. The summed E-state index contributed by atoms with van der Waals surface area (Å²) in [4.78, 5) is 35.3. The van der Waals surface area contributed by atoms with Crippen LogP contribution in [-0.2, 0) is 39.8 Å². The number of phenols is 1. The summed E-state index contributed by atoms with van der Waals surface area (Å²) in [5, 5.41) is 31.8. The van der Waals surface area contributed by atoms with Crippen molar-refractivity contribution in [3.63, 3.8) is 0 Å². The SMILES string of the molecule is CC(=O)OC[C@H]1O[C@@H](Oc2cc(C)c(O)cc2CC=C(C)CCC=C(C)C[C@@H](O)C=C(C)C)[C@H](O)[C@@H](OC(C)=O)[C@H]1OC(C)=O. The maximum absolute atomic E-state index is 11.9. The lowest BCUT2D eigenvalue weighted by molar-refractivity contribution is -0.285. The Bertz CT molecular complexity index is 1270. The van der Waals surface area contributed by atoms with Gasteiger partial charge >= 0.3 is 17.9 Å². The summed E-state index contributed by atoms with van der Waals surface area (Å²) < 4.78 is 27.8. The number of aromatic hydroxyl groups is 1. The average molecular weight is 633 g/mol. The highest BCUT2D eigenvalue weighted by atomic mass is 16.7. The maximum Gasteiger partial charge on any atom is 0.303 e. The van der Waals surface area contributed by atoms with Crippen molar-refractivity contribution in [2.75, 3.05) is 6.61 Å². The van der Waals surface area contributed by atoms with Crippen molar-refractivity contribution in [3.8, 4) is 11.5 Å². The summed E-state index contributed by atoms with van der Waals surface area (Å²) in [6, 6.07) is 3.17. The molecule has 2 rings (SSSR count). The molecule has 1 aromatic rings. The Hall–Kier alpha value is -3.67. The van der Waals surface area contributed by atoms with Crippen LogP contribution in [0.15, 0.2) is 47.1 Å². The average Bonchev–Trinajstić information content (AvgIpc) is 2.91. The third-order valence-electron chi connectivity index (χ3n) is 7.05. The van der Waals surface area contributed by atoms with Gasteiger partial charge < -0.3 is 39.0 Å². The number of benzene rings is 1. The van der Waals surface area contributed by atoms with E-state index >= 15 is 0 Å². The highest BCUT2D eigenvalue weighted by Crippen LogP contribution is 2.33. The molecule has 1 heterocycles. The number of aryl methyl sites for hydroxylation is 1. The van der Waals surface area contributed by atoms with Gasteiger partial charge in [-0.15, -0.1) is 0 Å². The highest BCUT2D eigenvalue weighted by molar-refractivity contribution is 5.68. The van der Waals surface area contributed by atoms with Crippen molar-refractivity contribution in [1.29, 1.82) is 0 Å². The first-order valence-electron chi connectivity index (χ1n) is 15.0. The number of hydrogen-bond acceptors (Lipinski definition) is 11. The second kappa shape index (κ2) is 17.7. The number of ether oxygens (including phenoxy) is 5. The summed E-state index contributed by atoms with van der Waals surface area (Å²) in [5.74, 6) is -1.70. The molecule has 6 atom stereocenters. The zero-order valence-corrected chi connectivity index (χ0v) is 27.5. The van der Waals surface area contributed by atoms with E-state index in [1.807, 2.05) is 39.8 Å². The van der Waals surface area contributed by atoms with Crippen molar-refractivity contribution < 1.29 is 53.4 Å². The third-order valence-corrected chi connectivity index (χ3v) is 7.05. The molecule has 0 spiro atoms. The Morgan fingerprint density at radius 1 is 0.933 bits per heavy atom. The molecular weight excluding hydrogens is 584 g/mol. The monoisotopic (exact) mass is 632 g/mol. The molecule has 1 aliphatic heterocycles. The van der Waals surface area contributed by atoms with E-state index in [2.05, 4.69) is 6.08 Å². The molecule has 0 radical (unpaired) electrons. The Kier molecular flexibility index (Phi) is 14.8. The molecule has 0 bridgehead atoms. The first-order valence-corrected chi connectivity index (χ1v) is 15.0. The van der Waals surface area contributed by atoms with E-state index in [1.54, 1.807) is 19.1 Å². The molecule has 0 amide bonds. The molecule has 250 valence electrons. The second-order valence-electron chi connectivity index (χ2n) is 11.7.